The first-order valence-electron chi connectivity index (χ1n) is 12.1. The fraction of sp³-hybridized carbons (Fsp3) is 0.385. The summed E-state index contributed by atoms with van der Waals surface area (Å²) in [6, 6.07) is 8.81. The lowest BCUT2D eigenvalue weighted by molar-refractivity contribution is -0.611. The quantitative estimate of drug-likeness (QED) is 0.340. The molecule has 8 nitrogen and oxygen atoms in total. The van der Waals surface area contributed by atoms with Crippen molar-refractivity contribution in [3.63, 3.8) is 0 Å². The number of hydrogen-bond donors (Lipinski definition) is 2. The van der Waals surface area contributed by atoms with Crippen molar-refractivity contribution in [3.8, 4) is 11.1 Å². The molecule has 3 aromatic rings. The molecule has 1 atom stereocenters. The van der Waals surface area contributed by atoms with Gasteiger partial charge in [-0.3, -0.25) is 14.3 Å². The topological polar surface area (TPSA) is 103 Å². The molecule has 0 saturated heterocycles. The molecule has 1 saturated carbocycles. The summed E-state index contributed by atoms with van der Waals surface area (Å²) in [6.45, 7) is 3.96. The zero-order valence-corrected chi connectivity index (χ0v) is 21.3. The lowest BCUT2D eigenvalue weighted by Crippen LogP contribution is -2.50. The minimum absolute atomic E-state index is 0.109. The lowest BCUT2D eigenvalue weighted by Gasteiger charge is -2.33. The number of hydrogen-bond acceptors (Lipinski definition) is 4. The Labute approximate surface area is 218 Å². The average molecular weight is 532 g/mol. The zero-order chi connectivity index (χ0) is 26.7. The van der Waals surface area contributed by atoms with Crippen LogP contribution in [-0.2, 0) is 11.3 Å². The number of pyridine rings is 1. The summed E-state index contributed by atoms with van der Waals surface area (Å²) in [4.78, 5) is 26.3. The summed E-state index contributed by atoms with van der Waals surface area (Å²) < 4.78 is 29.8. The van der Waals surface area contributed by atoms with Crippen molar-refractivity contribution in [2.24, 2.45) is 5.92 Å². The fourth-order valence-corrected chi connectivity index (χ4v) is 4.99. The van der Waals surface area contributed by atoms with Gasteiger partial charge in [-0.05, 0) is 49.4 Å². The molecule has 2 heterocycles. The summed E-state index contributed by atoms with van der Waals surface area (Å²) in [5, 5.41) is 22.0. The summed E-state index contributed by atoms with van der Waals surface area (Å²) in [5.41, 5.74) is 2.45. The predicted octanol–water partition coefficient (Wildman–Crippen LogP) is 4.73. The maximum absolute atomic E-state index is 13.8. The molecule has 37 heavy (non-hydrogen) atoms. The zero-order valence-electron chi connectivity index (χ0n) is 20.5. The number of alkyl halides is 2. The third-order valence-corrected chi connectivity index (χ3v) is 7.09. The van der Waals surface area contributed by atoms with Gasteiger partial charge in [-0.1, -0.05) is 23.7 Å². The molecule has 0 bridgehead atoms. The molecule has 1 aromatic carbocycles. The Kier molecular flexibility index (Phi) is 7.77. The van der Waals surface area contributed by atoms with Crippen LogP contribution in [0.1, 0.15) is 48.8 Å². The van der Waals surface area contributed by atoms with Crippen molar-refractivity contribution >= 4 is 29.1 Å². The number of aryl methyl sites for hydroxylation is 1. The Balaban J connectivity index is 1.54. The van der Waals surface area contributed by atoms with Crippen molar-refractivity contribution in [3.05, 3.63) is 70.4 Å². The van der Waals surface area contributed by atoms with E-state index in [1.54, 1.807) is 37.3 Å². The van der Waals surface area contributed by atoms with Gasteiger partial charge in [-0.15, -0.1) is 0 Å². The van der Waals surface area contributed by atoms with Gasteiger partial charge >= 0.3 is 0 Å². The van der Waals surface area contributed by atoms with Crippen molar-refractivity contribution in [1.29, 1.82) is 0 Å². The molecule has 0 unspecified atom stereocenters. The Morgan fingerprint density at radius 3 is 2.54 bits per heavy atom. The minimum atomic E-state index is -2.77. The summed E-state index contributed by atoms with van der Waals surface area (Å²) in [6.07, 6.45) is 2.37. The molecule has 1 fully saturated rings. The second-order valence-corrected chi connectivity index (χ2v) is 9.60. The Hall–Kier alpha value is -3.53. The number of halogens is 3. The van der Waals surface area contributed by atoms with Crippen LogP contribution >= 0.6 is 11.6 Å². The van der Waals surface area contributed by atoms with Crippen LogP contribution < -0.4 is 15.4 Å². The van der Waals surface area contributed by atoms with E-state index < -0.39 is 29.7 Å². The van der Waals surface area contributed by atoms with Gasteiger partial charge in [0.15, 0.2) is 11.9 Å². The first-order chi connectivity index (χ1) is 17.6. The number of rotatable bonds is 7. The first-order valence-corrected chi connectivity index (χ1v) is 12.5. The van der Waals surface area contributed by atoms with Crippen LogP contribution in [0, 0.1) is 18.0 Å². The number of amides is 2. The fourth-order valence-electron chi connectivity index (χ4n) is 4.68. The minimum Gasteiger partial charge on any atom is -0.618 e. The van der Waals surface area contributed by atoms with E-state index >= 15 is 0 Å². The van der Waals surface area contributed by atoms with Gasteiger partial charge in [0, 0.05) is 44.3 Å². The second-order valence-electron chi connectivity index (χ2n) is 9.19. The van der Waals surface area contributed by atoms with E-state index in [4.69, 9.17) is 11.6 Å². The molecule has 1 aliphatic rings. The van der Waals surface area contributed by atoms with Crippen LogP contribution in [-0.4, -0.2) is 33.6 Å². The van der Waals surface area contributed by atoms with Crippen molar-refractivity contribution < 1.29 is 23.1 Å². The Morgan fingerprint density at radius 2 is 1.89 bits per heavy atom. The number of nitrogens with zero attached hydrogens (tertiary/aromatic N) is 3. The summed E-state index contributed by atoms with van der Waals surface area (Å²) in [5.74, 6) is -4.20. The van der Waals surface area contributed by atoms with E-state index in [9.17, 15) is 23.6 Å². The van der Waals surface area contributed by atoms with E-state index in [1.807, 2.05) is 6.92 Å². The summed E-state index contributed by atoms with van der Waals surface area (Å²) in [7, 11) is 0. The number of anilines is 1. The molecule has 2 amide bonds. The van der Waals surface area contributed by atoms with Gasteiger partial charge in [-0.2, -0.15) is 9.83 Å². The SMILES string of the molecule is CCn1nccc1C(=O)N[C@H](C(=O)Nc1ccc(-c2c(Cl)cc[n+]([O-])c2C)cc1)C1CCC(F)(F)CC1. The van der Waals surface area contributed by atoms with Crippen LogP contribution in [0.15, 0.2) is 48.8 Å². The molecule has 2 N–H and O–H groups in total. The van der Waals surface area contributed by atoms with Crippen LogP contribution in [0.5, 0.6) is 0 Å². The second kappa shape index (κ2) is 10.8. The van der Waals surface area contributed by atoms with E-state index in [0.29, 0.717) is 34.1 Å². The highest BCUT2D eigenvalue weighted by molar-refractivity contribution is 6.33. The van der Waals surface area contributed by atoms with Crippen molar-refractivity contribution in [1.82, 2.24) is 15.1 Å². The summed E-state index contributed by atoms with van der Waals surface area (Å²) >= 11 is 6.30. The first kappa shape index (κ1) is 26.5. The van der Waals surface area contributed by atoms with Gasteiger partial charge in [-0.25, -0.2) is 8.78 Å². The van der Waals surface area contributed by atoms with Gasteiger partial charge in [0.2, 0.25) is 11.8 Å². The smallest absolute Gasteiger partial charge is 0.270 e. The molecule has 0 aliphatic heterocycles. The molecule has 2 aromatic heterocycles. The highest BCUT2D eigenvalue weighted by Gasteiger charge is 2.40. The Morgan fingerprint density at radius 1 is 1.22 bits per heavy atom. The average Bonchev–Trinajstić information content (AvgIpc) is 3.35. The predicted molar refractivity (Wildman–Crippen MR) is 135 cm³/mol. The van der Waals surface area contributed by atoms with Gasteiger partial charge < -0.3 is 15.8 Å². The lowest BCUT2D eigenvalue weighted by atomic mass is 9.81. The number of carbonyl (C=O) groups is 2. The molecule has 4 rings (SSSR count). The highest BCUT2D eigenvalue weighted by Crippen LogP contribution is 2.38. The van der Waals surface area contributed by atoms with Crippen molar-refractivity contribution in [2.45, 2.75) is 58.0 Å². The maximum atomic E-state index is 13.8. The van der Waals surface area contributed by atoms with E-state index in [1.165, 1.54) is 23.1 Å². The molecular weight excluding hydrogens is 504 g/mol. The third-order valence-electron chi connectivity index (χ3n) is 6.78. The number of benzene rings is 1. The largest absolute Gasteiger partial charge is 0.618 e. The van der Waals surface area contributed by atoms with Gasteiger partial charge in [0.1, 0.15) is 11.7 Å². The van der Waals surface area contributed by atoms with Crippen LogP contribution in [0.4, 0.5) is 14.5 Å². The van der Waals surface area contributed by atoms with Crippen molar-refractivity contribution in [2.75, 3.05) is 5.32 Å². The van der Waals surface area contributed by atoms with E-state index in [-0.39, 0.29) is 31.4 Å². The molecule has 0 spiro atoms. The standard InChI is InChI=1S/C26H28ClF2N5O3/c1-3-33-21(10-14-30-33)24(35)32-23(18-8-12-26(28,29)13-9-18)25(36)31-19-6-4-17(5-7-19)22-16(2)34(37)15-11-20(22)27/h4-7,10-11,14-15,18,23H,3,8-9,12-13H2,1-2H3,(H,31,36)(H,32,35)/t23-/m0/s1. The number of carbonyl (C=O) groups excluding carboxylic acids is 2. The molecular formula is C26H28ClF2N5O3. The van der Waals surface area contributed by atoms with E-state index in [2.05, 4.69) is 15.7 Å². The number of nitrogens with one attached hydrogen (secondary N) is 2. The van der Waals surface area contributed by atoms with Gasteiger partial charge in [0.05, 0.1) is 10.6 Å². The monoisotopic (exact) mass is 531 g/mol. The van der Waals surface area contributed by atoms with Crippen LogP contribution in [0.2, 0.25) is 5.02 Å². The maximum Gasteiger partial charge on any atom is 0.270 e. The number of aromatic nitrogens is 3. The molecule has 0 radical (unpaired) electrons. The van der Waals surface area contributed by atoms with E-state index in [0.717, 1.165) is 4.73 Å². The van der Waals surface area contributed by atoms with Crippen LogP contribution in [0.25, 0.3) is 11.1 Å². The molecule has 11 heteroatoms. The highest BCUT2D eigenvalue weighted by atomic mass is 35.5. The van der Waals surface area contributed by atoms with Gasteiger partial charge in [0.25, 0.3) is 5.91 Å². The molecule has 196 valence electrons. The third kappa shape index (κ3) is 5.90. The normalized spacial score (nSPS) is 16.2. The van der Waals surface area contributed by atoms with Crippen LogP contribution in [0.3, 0.4) is 0 Å². The molecule has 1 aliphatic carbocycles. The Bertz CT molecular complexity index is 1290.